The van der Waals surface area contributed by atoms with E-state index < -0.39 is 8.07 Å². The largest absolute Gasteiger partial charge is 0.322 e. The molecule has 0 spiro atoms. The van der Waals surface area contributed by atoms with Gasteiger partial charge in [0.15, 0.2) is 0 Å². The lowest BCUT2D eigenvalue weighted by Crippen LogP contribution is -2.44. The van der Waals surface area contributed by atoms with E-state index in [1.807, 2.05) is 25.1 Å². The van der Waals surface area contributed by atoms with Gasteiger partial charge in [-0.1, -0.05) is 37.8 Å². The van der Waals surface area contributed by atoms with Gasteiger partial charge in [-0.15, -0.1) is 0 Å². The second kappa shape index (κ2) is 8.82. The molecule has 156 valence electrons. The molecule has 1 amide bonds. The molecule has 2 aromatic carbocycles. The van der Waals surface area contributed by atoms with Crippen molar-refractivity contribution in [2.45, 2.75) is 40.0 Å². The zero-order valence-electron chi connectivity index (χ0n) is 18.8. The van der Waals surface area contributed by atoms with Crippen LogP contribution in [0.25, 0.3) is 0 Å². The minimum absolute atomic E-state index is 0.0283. The van der Waals surface area contributed by atoms with Crippen LogP contribution in [0.4, 0.5) is 5.69 Å². The van der Waals surface area contributed by atoms with Crippen molar-refractivity contribution in [2.75, 3.05) is 38.5 Å². The van der Waals surface area contributed by atoms with Gasteiger partial charge in [0.25, 0.3) is 5.91 Å². The average molecular weight is 410 g/mol. The van der Waals surface area contributed by atoms with Crippen LogP contribution < -0.4 is 10.5 Å². The first-order chi connectivity index (χ1) is 13.6. The molecule has 1 N–H and O–H groups in total. The highest BCUT2D eigenvalue weighted by molar-refractivity contribution is 6.89. The quantitative estimate of drug-likeness (QED) is 0.762. The molecular weight excluding hydrogens is 374 g/mol. The number of nitrogens with zero attached hydrogens (tertiary/aromatic N) is 2. The fraction of sp³-hybridized carbons (Fsp3) is 0.458. The number of aryl methyl sites for hydroxylation is 2. The molecule has 1 heterocycles. The van der Waals surface area contributed by atoms with Gasteiger partial charge in [0.2, 0.25) is 0 Å². The lowest BCUT2D eigenvalue weighted by molar-refractivity contribution is 0.102. The lowest BCUT2D eigenvalue weighted by atomic mass is 10.1. The third-order valence-electron chi connectivity index (χ3n) is 5.91. The summed E-state index contributed by atoms with van der Waals surface area (Å²) < 4.78 is 0. The average Bonchev–Trinajstić information content (AvgIpc) is 2.66. The Balaban J connectivity index is 1.80. The van der Waals surface area contributed by atoms with Crippen molar-refractivity contribution in [3.63, 3.8) is 0 Å². The van der Waals surface area contributed by atoms with E-state index >= 15 is 0 Å². The van der Waals surface area contributed by atoms with Crippen LogP contribution in [0.1, 0.15) is 27.0 Å². The Bertz CT molecular complexity index is 880. The molecule has 0 aliphatic carbocycles. The second-order valence-electron chi connectivity index (χ2n) is 9.46. The van der Waals surface area contributed by atoms with Crippen LogP contribution in [0.2, 0.25) is 19.6 Å². The minimum Gasteiger partial charge on any atom is -0.322 e. The molecule has 29 heavy (non-hydrogen) atoms. The molecule has 0 radical (unpaired) electrons. The molecule has 0 aromatic heterocycles. The van der Waals surface area contributed by atoms with Gasteiger partial charge in [0.05, 0.1) is 8.07 Å². The van der Waals surface area contributed by atoms with Crippen LogP contribution in [-0.4, -0.2) is 57.0 Å². The van der Waals surface area contributed by atoms with Crippen LogP contribution in [0, 0.1) is 13.8 Å². The molecule has 2 aromatic rings. The SMILES string of the molecule is Cc1ccc(C(=O)Nc2ccc(CN3CCN(C)CC3)cc2[Si](C)(C)C)cc1C. The van der Waals surface area contributed by atoms with Crippen molar-refractivity contribution in [3.05, 3.63) is 58.7 Å². The molecule has 0 unspecified atom stereocenters. The summed E-state index contributed by atoms with van der Waals surface area (Å²) in [6.45, 7) is 16.6. The summed E-state index contributed by atoms with van der Waals surface area (Å²) in [6.07, 6.45) is 0. The number of hydrogen-bond acceptors (Lipinski definition) is 3. The van der Waals surface area contributed by atoms with Gasteiger partial charge >= 0.3 is 0 Å². The zero-order valence-corrected chi connectivity index (χ0v) is 19.8. The lowest BCUT2D eigenvalue weighted by Gasteiger charge is -2.32. The summed E-state index contributed by atoms with van der Waals surface area (Å²) in [5.41, 5.74) is 5.38. The maximum atomic E-state index is 12.9. The standard InChI is InChI=1S/C24H35N3OSi/c1-18-7-9-21(15-19(18)2)24(28)25-22-10-8-20(16-23(22)29(4,5)6)17-27-13-11-26(3)12-14-27/h7-10,15-16H,11-14,17H2,1-6H3,(H,25,28). The number of piperazine rings is 1. The van der Waals surface area contributed by atoms with Crippen molar-refractivity contribution in [1.82, 2.24) is 9.80 Å². The van der Waals surface area contributed by atoms with Gasteiger partial charge in [-0.3, -0.25) is 9.69 Å². The molecule has 1 aliphatic rings. The van der Waals surface area contributed by atoms with Crippen molar-refractivity contribution in [1.29, 1.82) is 0 Å². The van der Waals surface area contributed by atoms with Crippen LogP contribution in [0.3, 0.4) is 0 Å². The Morgan fingerprint density at radius 2 is 1.66 bits per heavy atom. The number of nitrogens with one attached hydrogen (secondary N) is 1. The summed E-state index contributed by atoms with van der Waals surface area (Å²) in [4.78, 5) is 17.8. The number of likely N-dealkylation sites (N-methyl/N-ethyl adjacent to an activating group) is 1. The fourth-order valence-corrected chi connectivity index (χ4v) is 5.33. The van der Waals surface area contributed by atoms with E-state index in [0.717, 1.165) is 49.5 Å². The molecule has 0 bridgehead atoms. The van der Waals surface area contributed by atoms with Crippen molar-refractivity contribution < 1.29 is 4.79 Å². The molecule has 1 fully saturated rings. The molecule has 4 nitrogen and oxygen atoms in total. The first kappa shape index (κ1) is 21.7. The Morgan fingerprint density at radius 1 is 0.966 bits per heavy atom. The van der Waals surface area contributed by atoms with E-state index in [1.165, 1.54) is 16.3 Å². The van der Waals surface area contributed by atoms with Gasteiger partial charge < -0.3 is 10.2 Å². The molecule has 5 heteroatoms. The van der Waals surface area contributed by atoms with Crippen molar-refractivity contribution in [2.24, 2.45) is 0 Å². The van der Waals surface area contributed by atoms with Crippen LogP contribution in [0.5, 0.6) is 0 Å². The zero-order chi connectivity index (χ0) is 21.2. The van der Waals surface area contributed by atoms with Crippen molar-refractivity contribution >= 4 is 24.9 Å². The smallest absolute Gasteiger partial charge is 0.255 e. The topological polar surface area (TPSA) is 35.6 Å². The Hall–Kier alpha value is -1.95. The van der Waals surface area contributed by atoms with E-state index in [0.29, 0.717) is 0 Å². The van der Waals surface area contributed by atoms with E-state index in [9.17, 15) is 4.79 Å². The summed E-state index contributed by atoms with van der Waals surface area (Å²) in [6, 6.07) is 12.5. The number of anilines is 1. The van der Waals surface area contributed by atoms with E-state index in [4.69, 9.17) is 0 Å². The Labute approximate surface area is 176 Å². The van der Waals surface area contributed by atoms with Gasteiger partial charge in [-0.05, 0) is 61.0 Å². The normalized spacial score (nSPS) is 16.1. The molecule has 0 saturated carbocycles. The van der Waals surface area contributed by atoms with Gasteiger partial charge in [0.1, 0.15) is 0 Å². The van der Waals surface area contributed by atoms with E-state index in [2.05, 4.69) is 66.9 Å². The molecule has 3 rings (SSSR count). The predicted molar refractivity (Wildman–Crippen MR) is 126 cm³/mol. The highest BCUT2D eigenvalue weighted by atomic mass is 28.3. The predicted octanol–water partition coefficient (Wildman–Crippen LogP) is 3.85. The third kappa shape index (κ3) is 5.56. The number of hydrogen-bond donors (Lipinski definition) is 1. The molecule has 1 saturated heterocycles. The van der Waals surface area contributed by atoms with Gasteiger partial charge in [-0.2, -0.15) is 0 Å². The van der Waals surface area contributed by atoms with Crippen molar-refractivity contribution in [3.8, 4) is 0 Å². The van der Waals surface area contributed by atoms with Crippen LogP contribution in [0.15, 0.2) is 36.4 Å². The summed E-state index contributed by atoms with van der Waals surface area (Å²) in [7, 11) is 0.573. The monoisotopic (exact) mass is 409 g/mol. The number of benzene rings is 2. The highest BCUT2D eigenvalue weighted by Gasteiger charge is 2.23. The molecule has 0 atom stereocenters. The fourth-order valence-electron chi connectivity index (χ4n) is 3.76. The number of carbonyl (C=O) groups excluding carboxylic acids is 1. The Kier molecular flexibility index (Phi) is 6.61. The minimum atomic E-state index is -1.62. The Morgan fingerprint density at radius 3 is 2.28 bits per heavy atom. The van der Waals surface area contributed by atoms with E-state index in [-0.39, 0.29) is 5.91 Å². The summed E-state index contributed by atoms with van der Waals surface area (Å²) >= 11 is 0. The second-order valence-corrected chi connectivity index (χ2v) is 14.5. The first-order valence-electron chi connectivity index (χ1n) is 10.6. The van der Waals surface area contributed by atoms with Crippen LogP contribution >= 0.6 is 0 Å². The maximum Gasteiger partial charge on any atom is 0.255 e. The number of rotatable bonds is 5. The highest BCUT2D eigenvalue weighted by Crippen LogP contribution is 2.18. The third-order valence-corrected chi connectivity index (χ3v) is 7.94. The molecular formula is C24H35N3OSi. The number of carbonyl (C=O) groups is 1. The number of amides is 1. The van der Waals surface area contributed by atoms with Crippen LogP contribution in [-0.2, 0) is 6.54 Å². The summed E-state index contributed by atoms with van der Waals surface area (Å²) in [5.74, 6) is -0.0283. The molecule has 1 aliphatic heterocycles. The van der Waals surface area contributed by atoms with E-state index in [1.54, 1.807) is 0 Å². The summed E-state index contributed by atoms with van der Waals surface area (Å²) in [5, 5.41) is 4.51. The first-order valence-corrected chi connectivity index (χ1v) is 14.1. The maximum absolute atomic E-state index is 12.9. The van der Waals surface area contributed by atoms with Gasteiger partial charge in [0, 0.05) is 44.0 Å². The van der Waals surface area contributed by atoms with Gasteiger partial charge in [-0.25, -0.2) is 0 Å².